The van der Waals surface area contributed by atoms with Gasteiger partial charge in [0.15, 0.2) is 6.10 Å². The van der Waals surface area contributed by atoms with Crippen LogP contribution in [0.15, 0.2) is 60.2 Å². The topological polar surface area (TPSA) is 103 Å². The summed E-state index contributed by atoms with van der Waals surface area (Å²) in [4.78, 5) is 25.3. The lowest BCUT2D eigenvalue weighted by molar-refractivity contribution is -0.148. The summed E-state index contributed by atoms with van der Waals surface area (Å²) in [6.07, 6.45) is 0.343. The summed E-state index contributed by atoms with van der Waals surface area (Å²) in [7, 11) is 1.61. The summed E-state index contributed by atoms with van der Waals surface area (Å²) in [5.74, 6) is -0.162. The monoisotopic (exact) mass is 487 g/mol. The Morgan fingerprint density at radius 1 is 1.14 bits per heavy atom. The normalized spacial score (nSPS) is 11.8. The van der Waals surface area contributed by atoms with Crippen LogP contribution in [0.25, 0.3) is 11.8 Å². The summed E-state index contributed by atoms with van der Waals surface area (Å²) >= 11 is 0. The van der Waals surface area contributed by atoms with Crippen LogP contribution in [-0.4, -0.2) is 36.3 Å². The second kappa shape index (κ2) is 11.8. The van der Waals surface area contributed by atoms with E-state index in [2.05, 4.69) is 5.32 Å². The van der Waals surface area contributed by atoms with Crippen molar-refractivity contribution in [3.8, 4) is 23.3 Å². The molecule has 1 heterocycles. The van der Waals surface area contributed by atoms with E-state index in [0.717, 1.165) is 22.8 Å². The summed E-state index contributed by atoms with van der Waals surface area (Å²) < 4.78 is 18.0. The SMILES string of the molecule is CCOc1ccccc1NC(=O)C(C)OC(=O)/C(C#N)=C/c1cc(C)n(-c2ccc(OC)cc2)c1C. The first-order valence-corrected chi connectivity index (χ1v) is 11.5. The van der Waals surface area contributed by atoms with Gasteiger partial charge in [-0.15, -0.1) is 0 Å². The van der Waals surface area contributed by atoms with Gasteiger partial charge in [0, 0.05) is 17.1 Å². The van der Waals surface area contributed by atoms with E-state index >= 15 is 0 Å². The highest BCUT2D eigenvalue weighted by Crippen LogP contribution is 2.26. The van der Waals surface area contributed by atoms with Gasteiger partial charge in [-0.25, -0.2) is 4.79 Å². The molecule has 0 saturated heterocycles. The third-order valence-corrected chi connectivity index (χ3v) is 5.54. The van der Waals surface area contributed by atoms with Crippen molar-refractivity contribution in [2.24, 2.45) is 0 Å². The number of hydrogen-bond acceptors (Lipinski definition) is 6. The number of amides is 1. The molecule has 0 spiro atoms. The van der Waals surface area contributed by atoms with E-state index in [1.165, 1.54) is 13.0 Å². The Kier molecular flexibility index (Phi) is 8.52. The number of ether oxygens (including phenoxy) is 3. The van der Waals surface area contributed by atoms with Crippen molar-refractivity contribution in [2.45, 2.75) is 33.8 Å². The molecule has 0 fully saturated rings. The van der Waals surface area contributed by atoms with E-state index < -0.39 is 18.0 Å². The summed E-state index contributed by atoms with van der Waals surface area (Å²) in [6.45, 7) is 7.56. The zero-order valence-electron chi connectivity index (χ0n) is 21.0. The van der Waals surface area contributed by atoms with Crippen LogP contribution in [0.1, 0.15) is 30.8 Å². The van der Waals surface area contributed by atoms with Gasteiger partial charge in [0.1, 0.15) is 23.1 Å². The van der Waals surface area contributed by atoms with Crippen molar-refractivity contribution >= 4 is 23.6 Å². The first-order valence-electron chi connectivity index (χ1n) is 11.5. The van der Waals surface area contributed by atoms with Gasteiger partial charge < -0.3 is 24.1 Å². The van der Waals surface area contributed by atoms with Crippen LogP contribution in [0.2, 0.25) is 0 Å². The van der Waals surface area contributed by atoms with E-state index in [0.29, 0.717) is 23.6 Å². The highest BCUT2D eigenvalue weighted by atomic mass is 16.5. The van der Waals surface area contributed by atoms with Gasteiger partial charge in [0.25, 0.3) is 5.91 Å². The minimum atomic E-state index is -1.13. The predicted octanol–water partition coefficient (Wildman–Crippen LogP) is 4.98. The van der Waals surface area contributed by atoms with Crippen molar-refractivity contribution in [1.82, 2.24) is 4.57 Å². The molecule has 8 heteroatoms. The van der Waals surface area contributed by atoms with Gasteiger partial charge in [-0.1, -0.05) is 12.1 Å². The fourth-order valence-corrected chi connectivity index (χ4v) is 3.72. The van der Waals surface area contributed by atoms with Gasteiger partial charge >= 0.3 is 5.97 Å². The van der Waals surface area contributed by atoms with Crippen LogP contribution >= 0.6 is 0 Å². The van der Waals surface area contributed by atoms with Gasteiger partial charge in [-0.3, -0.25) is 4.79 Å². The number of nitrogens with one attached hydrogen (secondary N) is 1. The molecular formula is C28H29N3O5. The quantitative estimate of drug-likeness (QED) is 0.259. The number of anilines is 1. The highest BCUT2D eigenvalue weighted by molar-refractivity contribution is 6.01. The summed E-state index contributed by atoms with van der Waals surface area (Å²) in [5, 5.41) is 12.3. The molecule has 8 nitrogen and oxygen atoms in total. The number of nitriles is 1. The smallest absolute Gasteiger partial charge is 0.349 e. The van der Waals surface area contributed by atoms with Gasteiger partial charge in [-0.05, 0) is 81.8 Å². The molecular weight excluding hydrogens is 458 g/mol. The van der Waals surface area contributed by atoms with E-state index in [4.69, 9.17) is 14.2 Å². The van der Waals surface area contributed by atoms with Crippen LogP contribution in [0.3, 0.4) is 0 Å². The van der Waals surface area contributed by atoms with Crippen molar-refractivity contribution < 1.29 is 23.8 Å². The van der Waals surface area contributed by atoms with E-state index in [-0.39, 0.29) is 5.57 Å². The first-order chi connectivity index (χ1) is 17.3. The summed E-state index contributed by atoms with van der Waals surface area (Å²) in [5.41, 5.74) is 3.64. The van der Waals surface area contributed by atoms with E-state index in [1.807, 2.05) is 61.7 Å². The molecule has 3 aromatic rings. The largest absolute Gasteiger partial charge is 0.497 e. The molecule has 3 rings (SSSR count). The predicted molar refractivity (Wildman–Crippen MR) is 137 cm³/mol. The van der Waals surface area contributed by atoms with Crippen molar-refractivity contribution in [2.75, 3.05) is 19.0 Å². The van der Waals surface area contributed by atoms with E-state index in [9.17, 15) is 14.9 Å². The average Bonchev–Trinajstić information content (AvgIpc) is 3.16. The van der Waals surface area contributed by atoms with Crippen LogP contribution in [0, 0.1) is 25.2 Å². The molecule has 0 aliphatic carbocycles. The molecule has 1 amide bonds. The van der Waals surface area contributed by atoms with Crippen LogP contribution < -0.4 is 14.8 Å². The lowest BCUT2D eigenvalue weighted by Crippen LogP contribution is -2.30. The number of aryl methyl sites for hydroxylation is 1. The number of methoxy groups -OCH3 is 1. The zero-order chi connectivity index (χ0) is 26.2. The molecule has 0 bridgehead atoms. The van der Waals surface area contributed by atoms with Crippen LogP contribution in [0.5, 0.6) is 11.5 Å². The number of aromatic nitrogens is 1. The zero-order valence-corrected chi connectivity index (χ0v) is 21.0. The third-order valence-electron chi connectivity index (χ3n) is 5.54. The molecule has 2 aromatic carbocycles. The number of benzene rings is 2. The Labute approximate surface area is 210 Å². The number of para-hydroxylation sites is 2. The van der Waals surface area contributed by atoms with E-state index in [1.54, 1.807) is 31.4 Å². The molecule has 0 aliphatic rings. The number of hydrogen-bond donors (Lipinski definition) is 1. The standard InChI is InChI=1S/C28H29N3O5/c1-6-35-26-10-8-7-9-25(26)30-27(32)20(4)36-28(33)22(17-29)16-21-15-18(2)31(19(21)3)23-11-13-24(34-5)14-12-23/h7-16,20H,6H2,1-5H3,(H,30,32)/b22-16+. The maximum atomic E-state index is 12.7. The minimum absolute atomic E-state index is 0.209. The molecule has 0 aliphatic heterocycles. The molecule has 36 heavy (non-hydrogen) atoms. The number of esters is 1. The van der Waals surface area contributed by atoms with Crippen LogP contribution in [0.4, 0.5) is 5.69 Å². The highest BCUT2D eigenvalue weighted by Gasteiger charge is 2.22. The minimum Gasteiger partial charge on any atom is -0.497 e. The van der Waals surface area contributed by atoms with Gasteiger partial charge in [-0.2, -0.15) is 5.26 Å². The van der Waals surface area contributed by atoms with Gasteiger partial charge in [0.2, 0.25) is 0 Å². The summed E-state index contributed by atoms with van der Waals surface area (Å²) in [6, 6.07) is 18.3. The number of carbonyl (C=O) groups is 2. The third kappa shape index (κ3) is 5.94. The van der Waals surface area contributed by atoms with Crippen LogP contribution in [-0.2, 0) is 14.3 Å². The molecule has 0 saturated carbocycles. The fourth-order valence-electron chi connectivity index (χ4n) is 3.72. The molecule has 1 N–H and O–H groups in total. The Hall–Kier alpha value is -4.51. The lowest BCUT2D eigenvalue weighted by atomic mass is 10.1. The number of rotatable bonds is 9. The molecule has 186 valence electrons. The first kappa shape index (κ1) is 26.1. The Morgan fingerprint density at radius 2 is 1.83 bits per heavy atom. The molecule has 1 unspecified atom stereocenters. The molecule has 1 atom stereocenters. The number of nitrogens with zero attached hydrogens (tertiary/aromatic N) is 2. The molecule has 1 aromatic heterocycles. The van der Waals surface area contributed by atoms with Gasteiger partial charge in [0.05, 0.1) is 19.4 Å². The maximum absolute atomic E-state index is 12.7. The second-order valence-corrected chi connectivity index (χ2v) is 8.00. The maximum Gasteiger partial charge on any atom is 0.349 e. The Morgan fingerprint density at radius 3 is 2.47 bits per heavy atom. The average molecular weight is 488 g/mol. The van der Waals surface area contributed by atoms with Crippen molar-refractivity contribution in [3.05, 3.63) is 77.1 Å². The lowest BCUT2D eigenvalue weighted by Gasteiger charge is -2.15. The van der Waals surface area contributed by atoms with Crippen molar-refractivity contribution in [3.63, 3.8) is 0 Å². The van der Waals surface area contributed by atoms with Crippen molar-refractivity contribution in [1.29, 1.82) is 5.26 Å². The fraction of sp³-hybridized carbons (Fsp3) is 0.250. The number of carbonyl (C=O) groups excluding carboxylic acids is 2. The Balaban J connectivity index is 1.76. The second-order valence-electron chi connectivity index (χ2n) is 8.00. The Bertz CT molecular complexity index is 1320. The molecule has 0 radical (unpaired) electrons.